The van der Waals surface area contributed by atoms with Crippen molar-refractivity contribution in [2.75, 3.05) is 13.1 Å². The molecule has 0 spiro atoms. The normalized spacial score (nSPS) is 23.9. The Balaban J connectivity index is 1.30. The summed E-state index contributed by atoms with van der Waals surface area (Å²) in [6, 6.07) is 3.94. The number of rotatable bonds is 4. The van der Waals surface area contributed by atoms with Gasteiger partial charge in [0.15, 0.2) is 0 Å². The minimum absolute atomic E-state index is 0.231. The summed E-state index contributed by atoms with van der Waals surface area (Å²) in [4.78, 5) is 20.0. The molecule has 0 radical (unpaired) electrons. The van der Waals surface area contributed by atoms with Crippen molar-refractivity contribution >= 4 is 17.2 Å². The Kier molecular flexibility index (Phi) is 4.65. The van der Waals surface area contributed by atoms with Crippen molar-refractivity contribution in [3.63, 3.8) is 0 Å². The largest absolute Gasteiger partial charge is 0.342 e. The van der Waals surface area contributed by atoms with Crippen LogP contribution in [0, 0.1) is 11.8 Å². The minimum atomic E-state index is 0.231. The number of aromatic nitrogens is 2. The first kappa shape index (κ1) is 15.8. The molecule has 2 atom stereocenters. The van der Waals surface area contributed by atoms with Gasteiger partial charge in [0.2, 0.25) is 17.6 Å². The summed E-state index contributed by atoms with van der Waals surface area (Å²) in [5.74, 6) is 2.99. The zero-order chi connectivity index (χ0) is 16.4. The lowest BCUT2D eigenvalue weighted by Gasteiger charge is -2.41. The summed E-state index contributed by atoms with van der Waals surface area (Å²) < 4.78 is 5.29. The number of amides is 1. The first-order chi connectivity index (χ1) is 11.8. The van der Waals surface area contributed by atoms with Crippen molar-refractivity contribution in [1.82, 2.24) is 15.0 Å². The molecule has 2 fully saturated rings. The molecule has 6 heteroatoms. The third kappa shape index (κ3) is 3.38. The van der Waals surface area contributed by atoms with E-state index >= 15 is 0 Å². The average molecular weight is 345 g/mol. The molecule has 1 saturated carbocycles. The molecule has 0 N–H and O–H groups in total. The highest BCUT2D eigenvalue weighted by atomic mass is 32.1. The van der Waals surface area contributed by atoms with E-state index in [1.54, 1.807) is 11.3 Å². The van der Waals surface area contributed by atoms with Crippen molar-refractivity contribution in [3.8, 4) is 10.7 Å². The zero-order valence-corrected chi connectivity index (χ0v) is 14.6. The van der Waals surface area contributed by atoms with Gasteiger partial charge in [-0.05, 0) is 36.1 Å². The molecule has 1 amide bonds. The highest BCUT2D eigenvalue weighted by molar-refractivity contribution is 7.13. The fraction of sp³-hybridized carbons (Fsp3) is 0.611. The number of carbonyl (C=O) groups excluding carboxylic acids is 1. The Morgan fingerprint density at radius 3 is 3.00 bits per heavy atom. The Hall–Kier alpha value is -1.69. The van der Waals surface area contributed by atoms with Crippen LogP contribution in [0.1, 0.15) is 44.4 Å². The number of aryl methyl sites for hydroxylation is 1. The summed E-state index contributed by atoms with van der Waals surface area (Å²) in [5.41, 5.74) is 0. The number of nitrogens with zero attached hydrogens (tertiary/aromatic N) is 3. The SMILES string of the molecule is O=C(CCc1nc(-c2cccs2)no1)N1CC[C@@H]2CCCC[C@H]2C1. The molecule has 24 heavy (non-hydrogen) atoms. The number of hydrogen-bond acceptors (Lipinski definition) is 5. The lowest BCUT2D eigenvalue weighted by atomic mass is 9.75. The van der Waals surface area contributed by atoms with Gasteiger partial charge in [0, 0.05) is 25.9 Å². The quantitative estimate of drug-likeness (QED) is 0.846. The van der Waals surface area contributed by atoms with E-state index < -0.39 is 0 Å². The van der Waals surface area contributed by atoms with Gasteiger partial charge in [-0.25, -0.2) is 0 Å². The lowest BCUT2D eigenvalue weighted by molar-refractivity contribution is -0.134. The van der Waals surface area contributed by atoms with E-state index in [4.69, 9.17) is 4.52 Å². The van der Waals surface area contributed by atoms with Gasteiger partial charge in [-0.3, -0.25) is 4.79 Å². The van der Waals surface area contributed by atoms with Crippen LogP contribution in [0.5, 0.6) is 0 Å². The van der Waals surface area contributed by atoms with E-state index in [1.165, 1.54) is 32.1 Å². The second-order valence-corrected chi connectivity index (χ2v) is 7.87. The molecule has 1 aliphatic heterocycles. The Labute approximate surface area is 146 Å². The van der Waals surface area contributed by atoms with Crippen molar-refractivity contribution in [1.29, 1.82) is 0 Å². The smallest absolute Gasteiger partial charge is 0.227 e. The molecule has 0 aromatic carbocycles. The van der Waals surface area contributed by atoms with Gasteiger partial charge in [-0.2, -0.15) is 4.98 Å². The Morgan fingerprint density at radius 2 is 2.17 bits per heavy atom. The van der Waals surface area contributed by atoms with Crippen molar-refractivity contribution < 1.29 is 9.32 Å². The maximum Gasteiger partial charge on any atom is 0.227 e. The lowest BCUT2D eigenvalue weighted by Crippen LogP contribution is -2.44. The van der Waals surface area contributed by atoms with Gasteiger partial charge in [-0.1, -0.05) is 30.5 Å². The van der Waals surface area contributed by atoms with Crippen LogP contribution in [0.4, 0.5) is 0 Å². The van der Waals surface area contributed by atoms with Crippen LogP contribution in [0.25, 0.3) is 10.7 Å². The first-order valence-corrected chi connectivity index (χ1v) is 9.82. The highest BCUT2D eigenvalue weighted by Crippen LogP contribution is 2.36. The molecular formula is C18H23N3O2S. The van der Waals surface area contributed by atoms with Crippen LogP contribution in [0.3, 0.4) is 0 Å². The molecule has 1 saturated heterocycles. The van der Waals surface area contributed by atoms with Crippen LogP contribution in [0.2, 0.25) is 0 Å². The predicted molar refractivity (Wildman–Crippen MR) is 92.6 cm³/mol. The molecule has 1 aliphatic carbocycles. The second kappa shape index (κ2) is 7.05. The van der Waals surface area contributed by atoms with E-state index in [0.717, 1.165) is 29.8 Å². The molecule has 4 rings (SSSR count). The van der Waals surface area contributed by atoms with Crippen LogP contribution in [-0.2, 0) is 11.2 Å². The molecule has 5 nitrogen and oxygen atoms in total. The molecule has 2 aliphatic rings. The summed E-state index contributed by atoms with van der Waals surface area (Å²) in [7, 11) is 0. The van der Waals surface area contributed by atoms with E-state index in [9.17, 15) is 4.79 Å². The number of thiophene rings is 1. The topological polar surface area (TPSA) is 59.2 Å². The number of piperidine rings is 1. The van der Waals surface area contributed by atoms with Gasteiger partial charge >= 0.3 is 0 Å². The molecule has 128 valence electrons. The minimum Gasteiger partial charge on any atom is -0.342 e. The third-order valence-electron chi connectivity index (χ3n) is 5.41. The van der Waals surface area contributed by atoms with Crippen molar-refractivity contribution in [2.45, 2.75) is 44.9 Å². The van der Waals surface area contributed by atoms with Crippen molar-refractivity contribution in [2.24, 2.45) is 11.8 Å². The first-order valence-electron chi connectivity index (χ1n) is 8.94. The number of hydrogen-bond donors (Lipinski definition) is 0. The number of likely N-dealkylation sites (tertiary alicyclic amines) is 1. The highest BCUT2D eigenvalue weighted by Gasteiger charge is 2.32. The predicted octanol–water partition coefficient (Wildman–Crippen LogP) is 3.77. The number of carbonyl (C=O) groups is 1. The fourth-order valence-electron chi connectivity index (χ4n) is 4.06. The van der Waals surface area contributed by atoms with E-state index in [1.807, 2.05) is 17.5 Å². The average Bonchev–Trinajstić information content (AvgIpc) is 3.30. The zero-order valence-electron chi connectivity index (χ0n) is 13.8. The molecule has 3 heterocycles. The van der Waals surface area contributed by atoms with Gasteiger partial charge in [-0.15, -0.1) is 11.3 Å². The van der Waals surface area contributed by atoms with Crippen LogP contribution >= 0.6 is 11.3 Å². The molecule has 0 bridgehead atoms. The molecular weight excluding hydrogens is 322 g/mol. The van der Waals surface area contributed by atoms with Crippen LogP contribution < -0.4 is 0 Å². The Bertz CT molecular complexity index is 682. The van der Waals surface area contributed by atoms with E-state index in [-0.39, 0.29) is 5.91 Å². The van der Waals surface area contributed by atoms with Gasteiger partial charge < -0.3 is 9.42 Å². The monoisotopic (exact) mass is 345 g/mol. The maximum absolute atomic E-state index is 12.5. The Morgan fingerprint density at radius 1 is 1.29 bits per heavy atom. The second-order valence-electron chi connectivity index (χ2n) is 6.92. The molecule has 2 aromatic heterocycles. The standard InChI is InChI=1S/C18H23N3O2S/c22-17(21-10-9-13-4-1-2-5-14(13)12-21)8-7-16-19-18(20-23-16)15-6-3-11-24-15/h3,6,11,13-14H,1-2,4-5,7-10,12H2/t13-,14-/m0/s1. The van der Waals surface area contributed by atoms with Gasteiger partial charge in [0.25, 0.3) is 0 Å². The van der Waals surface area contributed by atoms with Crippen LogP contribution in [0.15, 0.2) is 22.0 Å². The molecule has 0 unspecified atom stereocenters. The van der Waals surface area contributed by atoms with Gasteiger partial charge in [0.1, 0.15) is 0 Å². The summed E-state index contributed by atoms with van der Waals surface area (Å²) >= 11 is 1.59. The van der Waals surface area contributed by atoms with E-state index in [0.29, 0.717) is 24.6 Å². The van der Waals surface area contributed by atoms with Gasteiger partial charge in [0.05, 0.1) is 4.88 Å². The third-order valence-corrected chi connectivity index (χ3v) is 6.27. The summed E-state index contributed by atoms with van der Waals surface area (Å²) in [6.07, 6.45) is 7.53. The number of fused-ring (bicyclic) bond motifs is 1. The van der Waals surface area contributed by atoms with Crippen LogP contribution in [-0.4, -0.2) is 34.0 Å². The summed E-state index contributed by atoms with van der Waals surface area (Å²) in [6.45, 7) is 1.87. The fourth-order valence-corrected chi connectivity index (χ4v) is 4.71. The summed E-state index contributed by atoms with van der Waals surface area (Å²) in [5, 5.41) is 5.99. The molecule has 2 aromatic rings. The van der Waals surface area contributed by atoms with E-state index in [2.05, 4.69) is 15.0 Å². The van der Waals surface area contributed by atoms with Crippen molar-refractivity contribution in [3.05, 3.63) is 23.4 Å². The maximum atomic E-state index is 12.5.